The van der Waals surface area contributed by atoms with E-state index in [0.29, 0.717) is 31.1 Å². The zero-order valence-corrected chi connectivity index (χ0v) is 13.9. The Morgan fingerprint density at radius 2 is 1.86 bits per heavy atom. The van der Waals surface area contributed by atoms with Gasteiger partial charge in [0.2, 0.25) is 10.0 Å². The summed E-state index contributed by atoms with van der Waals surface area (Å²) in [6, 6.07) is 7.21. The van der Waals surface area contributed by atoms with E-state index in [-0.39, 0.29) is 6.04 Å². The van der Waals surface area contributed by atoms with Crippen molar-refractivity contribution in [3.8, 4) is 0 Å². The van der Waals surface area contributed by atoms with Crippen LogP contribution >= 0.6 is 0 Å². The van der Waals surface area contributed by atoms with Gasteiger partial charge in [0.15, 0.2) is 0 Å². The van der Waals surface area contributed by atoms with E-state index in [1.165, 1.54) is 0 Å². The first-order valence-electron chi connectivity index (χ1n) is 7.42. The number of nitrogens with one attached hydrogen (secondary N) is 2. The summed E-state index contributed by atoms with van der Waals surface area (Å²) in [5.74, 6) is 0. The fourth-order valence-electron chi connectivity index (χ4n) is 1.97. The number of sulfonamides is 1. The Bertz CT molecular complexity index is 500. The van der Waals surface area contributed by atoms with Crippen LogP contribution in [-0.4, -0.2) is 34.7 Å². The lowest BCUT2D eigenvalue weighted by Crippen LogP contribution is -2.25. The number of hydrogen-bond donors (Lipinski definition) is 2. The summed E-state index contributed by atoms with van der Waals surface area (Å²) in [5, 5.41) is 3.29. The average Bonchev–Trinajstić information content (AvgIpc) is 2.47. The number of hydrogen-bond acceptors (Lipinski definition) is 4. The number of benzene rings is 1. The minimum absolute atomic E-state index is 0.214. The van der Waals surface area contributed by atoms with Gasteiger partial charge < -0.3 is 10.1 Å². The Labute approximate surface area is 128 Å². The van der Waals surface area contributed by atoms with Crippen LogP contribution in [0.4, 0.5) is 0 Å². The Balaban J connectivity index is 2.59. The number of rotatable bonds is 10. The van der Waals surface area contributed by atoms with E-state index in [4.69, 9.17) is 4.74 Å². The maximum absolute atomic E-state index is 12.1. The van der Waals surface area contributed by atoms with E-state index >= 15 is 0 Å². The first-order valence-corrected chi connectivity index (χ1v) is 8.90. The molecule has 5 nitrogen and oxygen atoms in total. The molecule has 0 aliphatic rings. The third-order valence-corrected chi connectivity index (χ3v) is 4.64. The van der Waals surface area contributed by atoms with Crippen molar-refractivity contribution in [2.24, 2.45) is 0 Å². The first-order chi connectivity index (χ1) is 10.0. The third kappa shape index (κ3) is 6.13. The van der Waals surface area contributed by atoms with Gasteiger partial charge in [-0.15, -0.1) is 0 Å². The Hall–Kier alpha value is -0.950. The molecule has 6 heteroatoms. The van der Waals surface area contributed by atoms with Gasteiger partial charge in [0, 0.05) is 25.8 Å². The summed E-state index contributed by atoms with van der Waals surface area (Å²) in [6.45, 7) is 8.50. The van der Waals surface area contributed by atoms with Crippen LogP contribution in [-0.2, 0) is 14.8 Å². The maximum atomic E-state index is 12.1. The van der Waals surface area contributed by atoms with Crippen LogP contribution in [0.25, 0.3) is 0 Å². The Kier molecular flexibility index (Phi) is 7.88. The summed E-state index contributed by atoms with van der Waals surface area (Å²) < 4.78 is 32.0. The van der Waals surface area contributed by atoms with E-state index < -0.39 is 10.0 Å². The fourth-order valence-corrected chi connectivity index (χ4v) is 3.04. The molecule has 0 heterocycles. The van der Waals surface area contributed by atoms with E-state index in [1.807, 2.05) is 26.0 Å². The molecule has 120 valence electrons. The molecule has 1 aromatic carbocycles. The molecule has 0 amide bonds. The highest BCUT2D eigenvalue weighted by Gasteiger charge is 2.13. The highest BCUT2D eigenvalue weighted by molar-refractivity contribution is 7.89. The van der Waals surface area contributed by atoms with Crippen LogP contribution in [0.1, 0.15) is 38.8 Å². The zero-order chi connectivity index (χ0) is 15.7. The molecule has 0 fully saturated rings. The first kappa shape index (κ1) is 18.1. The van der Waals surface area contributed by atoms with Crippen molar-refractivity contribution in [1.82, 2.24) is 10.0 Å². The van der Waals surface area contributed by atoms with Gasteiger partial charge >= 0.3 is 0 Å². The van der Waals surface area contributed by atoms with Crippen LogP contribution in [0, 0.1) is 0 Å². The van der Waals surface area contributed by atoms with Crippen molar-refractivity contribution >= 4 is 10.0 Å². The van der Waals surface area contributed by atoms with Crippen LogP contribution in [0.5, 0.6) is 0 Å². The summed E-state index contributed by atoms with van der Waals surface area (Å²) in [5.41, 5.74) is 1.08. The molecule has 0 aliphatic carbocycles. The second kappa shape index (κ2) is 9.15. The lowest BCUT2D eigenvalue weighted by molar-refractivity contribution is 0.146. The third-order valence-electron chi connectivity index (χ3n) is 3.16. The molecule has 1 aromatic rings. The molecule has 1 unspecified atom stereocenters. The van der Waals surface area contributed by atoms with E-state index in [2.05, 4.69) is 17.0 Å². The highest BCUT2D eigenvalue weighted by atomic mass is 32.2. The molecule has 0 radical (unpaired) electrons. The van der Waals surface area contributed by atoms with Crippen LogP contribution < -0.4 is 10.0 Å². The number of ether oxygens (including phenoxy) is 1. The van der Waals surface area contributed by atoms with Gasteiger partial charge in [-0.05, 0) is 44.5 Å². The van der Waals surface area contributed by atoms with Gasteiger partial charge in [-0.2, -0.15) is 0 Å². The van der Waals surface area contributed by atoms with Crippen molar-refractivity contribution in [2.75, 3.05) is 26.3 Å². The van der Waals surface area contributed by atoms with E-state index in [0.717, 1.165) is 12.1 Å². The molecule has 2 N–H and O–H groups in total. The lowest BCUT2D eigenvalue weighted by Gasteiger charge is -2.13. The fraction of sp³-hybridized carbons (Fsp3) is 0.600. The second-order valence-electron chi connectivity index (χ2n) is 4.80. The SMILES string of the molecule is CCNC(C)c1ccc(S(=O)(=O)NCCCOCC)cc1. The van der Waals surface area contributed by atoms with Crippen molar-refractivity contribution in [1.29, 1.82) is 0 Å². The maximum Gasteiger partial charge on any atom is 0.240 e. The van der Waals surface area contributed by atoms with Crippen LogP contribution in [0.15, 0.2) is 29.2 Å². The standard InChI is InChI=1S/C15H26N2O3S/c1-4-16-13(3)14-7-9-15(10-8-14)21(18,19)17-11-6-12-20-5-2/h7-10,13,16-17H,4-6,11-12H2,1-3H3. The largest absolute Gasteiger partial charge is 0.382 e. The molecule has 0 spiro atoms. The predicted octanol–water partition coefficient (Wildman–Crippen LogP) is 2.06. The molecule has 0 saturated carbocycles. The molecule has 21 heavy (non-hydrogen) atoms. The monoisotopic (exact) mass is 314 g/mol. The van der Waals surface area contributed by atoms with Crippen molar-refractivity contribution in [3.05, 3.63) is 29.8 Å². The van der Waals surface area contributed by atoms with Crippen molar-refractivity contribution in [3.63, 3.8) is 0 Å². The van der Waals surface area contributed by atoms with Gasteiger partial charge in [0.25, 0.3) is 0 Å². The molecular formula is C15H26N2O3S. The summed E-state index contributed by atoms with van der Waals surface area (Å²) >= 11 is 0. The zero-order valence-electron chi connectivity index (χ0n) is 13.1. The van der Waals surface area contributed by atoms with Crippen molar-refractivity contribution in [2.45, 2.75) is 38.1 Å². The minimum Gasteiger partial charge on any atom is -0.382 e. The lowest BCUT2D eigenvalue weighted by atomic mass is 10.1. The molecule has 1 atom stereocenters. The van der Waals surface area contributed by atoms with Gasteiger partial charge in [0.05, 0.1) is 4.90 Å². The normalized spacial score (nSPS) is 13.3. The Morgan fingerprint density at radius 1 is 1.19 bits per heavy atom. The Morgan fingerprint density at radius 3 is 2.43 bits per heavy atom. The smallest absolute Gasteiger partial charge is 0.240 e. The van der Waals surface area contributed by atoms with E-state index in [1.54, 1.807) is 12.1 Å². The molecule has 0 aliphatic heterocycles. The average molecular weight is 314 g/mol. The molecule has 0 bridgehead atoms. The summed E-state index contributed by atoms with van der Waals surface area (Å²) in [4.78, 5) is 0.298. The molecule has 0 aromatic heterocycles. The van der Waals surface area contributed by atoms with Crippen LogP contribution in [0.2, 0.25) is 0 Å². The van der Waals surface area contributed by atoms with Gasteiger partial charge in [-0.3, -0.25) is 0 Å². The highest BCUT2D eigenvalue weighted by Crippen LogP contribution is 2.16. The molecular weight excluding hydrogens is 288 g/mol. The minimum atomic E-state index is -3.43. The summed E-state index contributed by atoms with van der Waals surface area (Å²) in [6.07, 6.45) is 0.669. The molecule has 0 saturated heterocycles. The summed E-state index contributed by atoms with van der Waals surface area (Å²) in [7, 11) is -3.43. The van der Waals surface area contributed by atoms with Crippen molar-refractivity contribution < 1.29 is 13.2 Å². The van der Waals surface area contributed by atoms with Gasteiger partial charge in [-0.25, -0.2) is 13.1 Å². The topological polar surface area (TPSA) is 67.4 Å². The second-order valence-corrected chi connectivity index (χ2v) is 6.56. The van der Waals surface area contributed by atoms with Gasteiger partial charge in [-0.1, -0.05) is 19.1 Å². The van der Waals surface area contributed by atoms with Crippen LogP contribution in [0.3, 0.4) is 0 Å². The van der Waals surface area contributed by atoms with E-state index in [9.17, 15) is 8.42 Å². The predicted molar refractivity (Wildman–Crippen MR) is 84.8 cm³/mol. The molecule has 1 rings (SSSR count). The van der Waals surface area contributed by atoms with Gasteiger partial charge in [0.1, 0.15) is 0 Å². The quantitative estimate of drug-likeness (QED) is 0.649.